The van der Waals surface area contributed by atoms with Crippen LogP contribution in [0.15, 0.2) is 36.4 Å². The summed E-state index contributed by atoms with van der Waals surface area (Å²) < 4.78 is 93.0. The number of ether oxygens (including phenoxy) is 2. The van der Waals surface area contributed by atoms with E-state index in [1.54, 1.807) is 14.0 Å². The van der Waals surface area contributed by atoms with Gasteiger partial charge in [0.1, 0.15) is 12.0 Å². The molecule has 1 heterocycles. The van der Waals surface area contributed by atoms with Crippen LogP contribution in [-0.2, 0) is 28.2 Å². The molecule has 0 bridgehead atoms. The zero-order chi connectivity index (χ0) is 30.5. The minimum atomic E-state index is -5.68. The second kappa shape index (κ2) is 13.2. The summed E-state index contributed by atoms with van der Waals surface area (Å²) in [4.78, 5) is 13.0. The van der Waals surface area contributed by atoms with E-state index in [-0.39, 0.29) is 30.3 Å². The van der Waals surface area contributed by atoms with Gasteiger partial charge in [-0.25, -0.2) is 0 Å². The standard InChI is InChI=1S/C29H38F6N2O4/c1-4-5-13-21-22-18-41-27(28(30,31)32,29(33,34)35)23(22)14-15-24(21)40-17-10-9-16-36-25(39)26(2,37(3)19-38)20-11-7-6-8-12-20/h6-8,11,14-15,19-20,25,36,39H,4-5,9-10,12-13,16-18H2,1-3H3. The SMILES string of the molecule is CCCCc1c(OCCCCNC(O)C(C)(C2C=CC=CC2)N(C)C=O)ccc2c1COC2(C(F)(F)F)C(F)(F)F. The van der Waals surface area contributed by atoms with Gasteiger partial charge in [0.2, 0.25) is 6.41 Å². The van der Waals surface area contributed by atoms with Crippen molar-refractivity contribution in [1.29, 1.82) is 0 Å². The zero-order valence-corrected chi connectivity index (χ0v) is 23.4. The monoisotopic (exact) mass is 592 g/mol. The summed E-state index contributed by atoms with van der Waals surface area (Å²) in [6.07, 6.45) is -0.794. The van der Waals surface area contributed by atoms with Crippen molar-refractivity contribution in [3.63, 3.8) is 0 Å². The van der Waals surface area contributed by atoms with Crippen LogP contribution in [-0.4, -0.2) is 60.7 Å². The van der Waals surface area contributed by atoms with Gasteiger partial charge in [-0.1, -0.05) is 43.7 Å². The van der Waals surface area contributed by atoms with Crippen LogP contribution in [0, 0.1) is 5.92 Å². The summed E-state index contributed by atoms with van der Waals surface area (Å²) in [6.45, 7) is 3.42. The Kier molecular flexibility index (Phi) is 10.6. The zero-order valence-electron chi connectivity index (χ0n) is 23.4. The minimum absolute atomic E-state index is 0.104. The third-order valence-corrected chi connectivity index (χ3v) is 8.15. The second-order valence-corrected chi connectivity index (χ2v) is 10.6. The van der Waals surface area contributed by atoms with Gasteiger partial charge in [0.15, 0.2) is 0 Å². The molecule has 41 heavy (non-hydrogen) atoms. The summed E-state index contributed by atoms with van der Waals surface area (Å²) in [7, 11) is 1.61. The number of aliphatic hydroxyl groups is 1. The Hall–Kier alpha value is -2.57. The molecule has 0 aromatic heterocycles. The molecular formula is C29H38F6N2O4. The van der Waals surface area contributed by atoms with Gasteiger partial charge in [-0.2, -0.15) is 26.3 Å². The second-order valence-electron chi connectivity index (χ2n) is 10.6. The molecule has 1 aliphatic carbocycles. The van der Waals surface area contributed by atoms with Gasteiger partial charge >= 0.3 is 12.4 Å². The van der Waals surface area contributed by atoms with Crippen molar-refractivity contribution >= 4 is 6.41 Å². The molecule has 1 amide bonds. The van der Waals surface area contributed by atoms with E-state index in [0.717, 1.165) is 6.07 Å². The number of carbonyl (C=O) groups is 1. The van der Waals surface area contributed by atoms with Crippen molar-refractivity contribution in [1.82, 2.24) is 10.2 Å². The molecule has 3 unspecified atom stereocenters. The summed E-state index contributed by atoms with van der Waals surface area (Å²) in [5, 5.41) is 14.0. The molecule has 6 nitrogen and oxygen atoms in total. The van der Waals surface area contributed by atoms with E-state index >= 15 is 0 Å². The predicted molar refractivity (Wildman–Crippen MR) is 141 cm³/mol. The van der Waals surface area contributed by atoms with Crippen LogP contribution < -0.4 is 10.1 Å². The van der Waals surface area contributed by atoms with E-state index < -0.39 is 41.9 Å². The number of benzene rings is 1. The molecule has 0 saturated heterocycles. The van der Waals surface area contributed by atoms with Crippen LogP contribution in [0.2, 0.25) is 0 Å². The van der Waals surface area contributed by atoms with Crippen LogP contribution in [0.3, 0.4) is 0 Å². The van der Waals surface area contributed by atoms with Crippen molar-refractivity contribution in [3.05, 3.63) is 53.1 Å². The Morgan fingerprint density at radius 1 is 1.17 bits per heavy atom. The summed E-state index contributed by atoms with van der Waals surface area (Å²) >= 11 is 0. The highest BCUT2D eigenvalue weighted by Crippen LogP contribution is 2.58. The Morgan fingerprint density at radius 3 is 2.46 bits per heavy atom. The summed E-state index contributed by atoms with van der Waals surface area (Å²) in [6, 6.07) is 1.98. The largest absolute Gasteiger partial charge is 0.493 e. The van der Waals surface area contributed by atoms with Crippen LogP contribution in [0.25, 0.3) is 0 Å². The lowest BCUT2D eigenvalue weighted by Crippen LogP contribution is -2.62. The number of aliphatic hydroxyl groups excluding tert-OH is 1. The van der Waals surface area contributed by atoms with Gasteiger partial charge in [0.05, 0.1) is 18.8 Å². The normalized spacial score (nSPS) is 20.4. The minimum Gasteiger partial charge on any atom is -0.493 e. The number of rotatable bonds is 14. The Morgan fingerprint density at radius 2 is 1.88 bits per heavy atom. The molecule has 0 fully saturated rings. The first-order chi connectivity index (χ1) is 19.3. The number of hydrogen-bond acceptors (Lipinski definition) is 5. The van der Waals surface area contributed by atoms with E-state index in [4.69, 9.17) is 4.74 Å². The number of fused-ring (bicyclic) bond motifs is 1. The van der Waals surface area contributed by atoms with Gasteiger partial charge < -0.3 is 19.5 Å². The number of amides is 1. The van der Waals surface area contributed by atoms with Crippen molar-refractivity contribution in [3.8, 4) is 5.75 Å². The number of carbonyl (C=O) groups excluding carboxylic acids is 1. The number of nitrogens with one attached hydrogen (secondary N) is 1. The molecule has 3 atom stereocenters. The Labute approximate surface area is 236 Å². The van der Waals surface area contributed by atoms with Crippen molar-refractivity contribution < 1.29 is 45.7 Å². The fourth-order valence-electron chi connectivity index (χ4n) is 5.46. The maximum Gasteiger partial charge on any atom is 0.430 e. The van der Waals surface area contributed by atoms with E-state index in [0.29, 0.717) is 50.6 Å². The van der Waals surface area contributed by atoms with Gasteiger partial charge in [0, 0.05) is 24.1 Å². The quantitative estimate of drug-likeness (QED) is 0.121. The predicted octanol–water partition coefficient (Wildman–Crippen LogP) is 5.93. The molecule has 3 rings (SSSR count). The van der Waals surface area contributed by atoms with Crippen LogP contribution >= 0.6 is 0 Å². The third kappa shape index (κ3) is 6.44. The molecule has 2 N–H and O–H groups in total. The summed E-state index contributed by atoms with van der Waals surface area (Å²) in [5.41, 5.74) is -6.02. The van der Waals surface area contributed by atoms with Crippen LogP contribution in [0.5, 0.6) is 5.75 Å². The van der Waals surface area contributed by atoms with Crippen LogP contribution in [0.4, 0.5) is 26.3 Å². The third-order valence-electron chi connectivity index (χ3n) is 8.15. The van der Waals surface area contributed by atoms with E-state index in [2.05, 4.69) is 10.1 Å². The lowest BCUT2D eigenvalue weighted by Gasteiger charge is -2.45. The highest BCUT2D eigenvalue weighted by Gasteiger charge is 2.75. The lowest BCUT2D eigenvalue weighted by molar-refractivity contribution is -0.385. The molecule has 12 heteroatoms. The molecule has 0 spiro atoms. The summed E-state index contributed by atoms with van der Waals surface area (Å²) in [5.74, 6) is 0.138. The van der Waals surface area contributed by atoms with Gasteiger partial charge in [-0.3, -0.25) is 10.1 Å². The molecule has 1 aromatic carbocycles. The first kappa shape index (κ1) is 32.9. The Balaban J connectivity index is 1.65. The van der Waals surface area contributed by atoms with Crippen LogP contribution in [0.1, 0.15) is 62.6 Å². The number of likely N-dealkylation sites (N-methyl/N-ethyl adjacent to an activating group) is 1. The van der Waals surface area contributed by atoms with Gasteiger partial charge in [-0.05, 0) is 57.2 Å². The number of nitrogens with zero attached hydrogens (tertiary/aromatic N) is 1. The molecule has 1 aromatic rings. The van der Waals surface area contributed by atoms with Crippen molar-refractivity contribution in [2.45, 2.75) is 88.7 Å². The number of halogens is 6. The average Bonchev–Trinajstić information content (AvgIpc) is 3.35. The topological polar surface area (TPSA) is 71.0 Å². The molecular weight excluding hydrogens is 554 g/mol. The van der Waals surface area contributed by atoms with Gasteiger partial charge in [-0.15, -0.1) is 0 Å². The fourth-order valence-corrected chi connectivity index (χ4v) is 5.46. The number of hydrogen-bond donors (Lipinski definition) is 2. The van der Waals surface area contributed by atoms with Crippen molar-refractivity contribution in [2.24, 2.45) is 5.92 Å². The maximum absolute atomic E-state index is 13.8. The van der Waals surface area contributed by atoms with E-state index in [1.807, 2.05) is 31.2 Å². The lowest BCUT2D eigenvalue weighted by atomic mass is 9.78. The van der Waals surface area contributed by atoms with E-state index in [9.17, 15) is 36.2 Å². The first-order valence-corrected chi connectivity index (χ1v) is 13.7. The average molecular weight is 593 g/mol. The van der Waals surface area contributed by atoms with Crippen molar-refractivity contribution in [2.75, 3.05) is 20.2 Å². The molecule has 0 radical (unpaired) electrons. The highest BCUT2D eigenvalue weighted by atomic mass is 19.4. The number of alkyl halides is 6. The van der Waals surface area contributed by atoms with E-state index in [1.165, 1.54) is 11.0 Å². The number of unbranched alkanes of at least 4 members (excludes halogenated alkanes) is 2. The smallest absolute Gasteiger partial charge is 0.430 e. The van der Waals surface area contributed by atoms with Gasteiger partial charge in [0.25, 0.3) is 5.60 Å². The fraction of sp³-hybridized carbons (Fsp3) is 0.621. The molecule has 1 aliphatic heterocycles. The molecule has 230 valence electrons. The number of allylic oxidation sites excluding steroid dienone is 3. The molecule has 0 saturated carbocycles. The maximum atomic E-state index is 13.8. The Bertz CT molecular complexity index is 1090. The highest BCUT2D eigenvalue weighted by molar-refractivity contribution is 5.51. The first-order valence-electron chi connectivity index (χ1n) is 13.7. The molecule has 2 aliphatic rings.